The predicted molar refractivity (Wildman–Crippen MR) is 106 cm³/mol. The third-order valence-electron chi connectivity index (χ3n) is 4.01. The molecule has 1 amide bonds. The van der Waals surface area contributed by atoms with Crippen LogP contribution in [-0.2, 0) is 17.9 Å². The zero-order valence-corrected chi connectivity index (χ0v) is 15.6. The van der Waals surface area contributed by atoms with Crippen LogP contribution >= 0.6 is 11.6 Å². The molecule has 0 aliphatic heterocycles. The fourth-order valence-corrected chi connectivity index (χ4v) is 2.97. The topological polar surface area (TPSA) is 88.6 Å². The van der Waals surface area contributed by atoms with Gasteiger partial charge in [0.1, 0.15) is 5.76 Å². The maximum absolute atomic E-state index is 12.5. The molecule has 1 N–H and O–H groups in total. The Labute approximate surface area is 166 Å². The molecule has 3 aromatic rings. The molecule has 0 radical (unpaired) electrons. The number of carbonyl (C=O) groups excluding carboxylic acids is 1. The zero-order valence-electron chi connectivity index (χ0n) is 14.9. The number of rotatable bonds is 8. The van der Waals surface area contributed by atoms with Gasteiger partial charge in [0, 0.05) is 18.7 Å². The lowest BCUT2D eigenvalue weighted by atomic mass is 10.2. The summed E-state index contributed by atoms with van der Waals surface area (Å²) in [7, 11) is 0. The van der Waals surface area contributed by atoms with E-state index in [9.17, 15) is 14.9 Å². The minimum absolute atomic E-state index is 0.100. The minimum atomic E-state index is -0.539. The first-order valence-corrected chi connectivity index (χ1v) is 8.91. The first-order chi connectivity index (χ1) is 13.5. The SMILES string of the molecule is O=C(CN(Cc1ccccc1)Cc1ccco1)Nc1ccc([N+](=O)[O-])cc1Cl. The van der Waals surface area contributed by atoms with Gasteiger partial charge in [-0.3, -0.25) is 19.8 Å². The molecule has 2 aromatic carbocycles. The second-order valence-corrected chi connectivity index (χ2v) is 6.59. The van der Waals surface area contributed by atoms with Crippen molar-refractivity contribution in [3.8, 4) is 0 Å². The molecule has 1 heterocycles. The molecule has 28 heavy (non-hydrogen) atoms. The third-order valence-corrected chi connectivity index (χ3v) is 4.33. The number of furan rings is 1. The van der Waals surface area contributed by atoms with Gasteiger partial charge in [0.2, 0.25) is 5.91 Å². The number of hydrogen-bond acceptors (Lipinski definition) is 5. The number of nitro benzene ring substituents is 1. The molecule has 1 aromatic heterocycles. The molecule has 0 bridgehead atoms. The molecule has 0 atom stereocenters. The molecule has 7 nitrogen and oxygen atoms in total. The summed E-state index contributed by atoms with van der Waals surface area (Å²) in [5.41, 5.74) is 1.26. The number of halogens is 1. The number of carbonyl (C=O) groups is 1. The number of hydrogen-bond donors (Lipinski definition) is 1. The normalized spacial score (nSPS) is 10.8. The quantitative estimate of drug-likeness (QED) is 0.445. The maximum atomic E-state index is 12.5. The van der Waals surface area contributed by atoms with E-state index in [1.807, 2.05) is 41.3 Å². The van der Waals surface area contributed by atoms with Gasteiger partial charge in [-0.15, -0.1) is 0 Å². The van der Waals surface area contributed by atoms with Crippen LogP contribution in [0.5, 0.6) is 0 Å². The van der Waals surface area contributed by atoms with Crippen molar-refractivity contribution < 1.29 is 14.1 Å². The number of non-ortho nitro benzene ring substituents is 1. The van der Waals surface area contributed by atoms with Crippen molar-refractivity contribution >= 4 is 28.9 Å². The van der Waals surface area contributed by atoms with Gasteiger partial charge in [0.25, 0.3) is 5.69 Å². The smallest absolute Gasteiger partial charge is 0.271 e. The molecule has 8 heteroatoms. The fourth-order valence-electron chi connectivity index (χ4n) is 2.74. The molecule has 0 unspecified atom stereocenters. The van der Waals surface area contributed by atoms with Gasteiger partial charge in [-0.1, -0.05) is 41.9 Å². The molecule has 0 saturated carbocycles. The minimum Gasteiger partial charge on any atom is -0.468 e. The van der Waals surface area contributed by atoms with Crippen molar-refractivity contribution in [3.05, 3.63) is 93.4 Å². The third kappa shape index (κ3) is 5.42. The second-order valence-electron chi connectivity index (χ2n) is 6.18. The van der Waals surface area contributed by atoms with Gasteiger partial charge in [-0.25, -0.2) is 0 Å². The van der Waals surface area contributed by atoms with E-state index in [2.05, 4.69) is 5.32 Å². The fraction of sp³-hybridized carbons (Fsp3) is 0.150. The number of nitro groups is 1. The summed E-state index contributed by atoms with van der Waals surface area (Å²) in [5, 5.41) is 13.6. The van der Waals surface area contributed by atoms with Crippen LogP contribution in [0.15, 0.2) is 71.3 Å². The van der Waals surface area contributed by atoms with E-state index in [4.69, 9.17) is 16.0 Å². The van der Waals surface area contributed by atoms with E-state index in [1.54, 1.807) is 12.3 Å². The van der Waals surface area contributed by atoms with Crippen molar-refractivity contribution in [1.29, 1.82) is 0 Å². The van der Waals surface area contributed by atoms with Gasteiger partial charge < -0.3 is 9.73 Å². The lowest BCUT2D eigenvalue weighted by Crippen LogP contribution is -2.32. The van der Waals surface area contributed by atoms with Crippen molar-refractivity contribution in [2.24, 2.45) is 0 Å². The molecular weight excluding hydrogens is 382 g/mol. The van der Waals surface area contributed by atoms with E-state index in [0.29, 0.717) is 18.8 Å². The first-order valence-electron chi connectivity index (χ1n) is 8.54. The van der Waals surface area contributed by atoms with Gasteiger partial charge in [0.15, 0.2) is 0 Å². The molecule has 0 aliphatic carbocycles. The summed E-state index contributed by atoms with van der Waals surface area (Å²) in [6.07, 6.45) is 1.59. The molecule has 0 fully saturated rings. The average Bonchev–Trinajstić information content (AvgIpc) is 3.17. The van der Waals surface area contributed by atoms with Crippen molar-refractivity contribution in [1.82, 2.24) is 4.90 Å². The Kier molecular flexibility index (Phi) is 6.41. The van der Waals surface area contributed by atoms with E-state index < -0.39 is 4.92 Å². The van der Waals surface area contributed by atoms with Crippen LogP contribution in [0.4, 0.5) is 11.4 Å². The summed E-state index contributed by atoms with van der Waals surface area (Å²) in [5.74, 6) is 0.468. The largest absolute Gasteiger partial charge is 0.468 e. The van der Waals surface area contributed by atoms with Gasteiger partial charge in [-0.2, -0.15) is 0 Å². The number of amides is 1. The summed E-state index contributed by atoms with van der Waals surface area (Å²) in [6.45, 7) is 1.12. The molecule has 3 rings (SSSR count). The Hall–Kier alpha value is -3.16. The highest BCUT2D eigenvalue weighted by atomic mass is 35.5. The van der Waals surface area contributed by atoms with Crippen LogP contribution in [0.25, 0.3) is 0 Å². The monoisotopic (exact) mass is 399 g/mol. The average molecular weight is 400 g/mol. The lowest BCUT2D eigenvalue weighted by Gasteiger charge is -2.21. The molecule has 0 saturated heterocycles. The first kappa shape index (κ1) is 19.6. The highest BCUT2D eigenvalue weighted by Gasteiger charge is 2.16. The number of anilines is 1. The van der Waals surface area contributed by atoms with Crippen LogP contribution in [0.1, 0.15) is 11.3 Å². The standard InChI is InChI=1S/C20H18ClN3O4/c21-18-11-16(24(26)27)8-9-19(18)22-20(25)14-23(13-17-7-4-10-28-17)12-15-5-2-1-3-6-15/h1-11H,12-14H2,(H,22,25). The Morgan fingerprint density at radius 2 is 1.89 bits per heavy atom. The summed E-state index contributed by atoms with van der Waals surface area (Å²) < 4.78 is 5.40. The van der Waals surface area contributed by atoms with Crippen LogP contribution < -0.4 is 5.32 Å². The second kappa shape index (κ2) is 9.16. The Morgan fingerprint density at radius 1 is 1.11 bits per heavy atom. The molecular formula is C20H18ClN3O4. The Morgan fingerprint density at radius 3 is 2.54 bits per heavy atom. The van der Waals surface area contributed by atoms with Crippen molar-refractivity contribution in [2.45, 2.75) is 13.1 Å². The highest BCUT2D eigenvalue weighted by molar-refractivity contribution is 6.34. The van der Waals surface area contributed by atoms with Gasteiger partial charge in [-0.05, 0) is 23.8 Å². The van der Waals surface area contributed by atoms with Gasteiger partial charge >= 0.3 is 0 Å². The van der Waals surface area contributed by atoms with Gasteiger partial charge in [0.05, 0.1) is 35.0 Å². The summed E-state index contributed by atoms with van der Waals surface area (Å²) in [4.78, 5) is 24.7. The van der Waals surface area contributed by atoms with Crippen LogP contribution in [0, 0.1) is 10.1 Å². The van der Waals surface area contributed by atoms with E-state index in [0.717, 1.165) is 11.3 Å². The summed E-state index contributed by atoms with van der Waals surface area (Å²) >= 11 is 6.05. The zero-order chi connectivity index (χ0) is 19.9. The lowest BCUT2D eigenvalue weighted by molar-refractivity contribution is -0.384. The maximum Gasteiger partial charge on any atom is 0.271 e. The Bertz CT molecular complexity index is 945. The van der Waals surface area contributed by atoms with E-state index in [-0.39, 0.29) is 23.2 Å². The predicted octanol–water partition coefficient (Wildman–Crippen LogP) is 4.48. The molecule has 0 aliphatic rings. The van der Waals surface area contributed by atoms with Crippen LogP contribution in [-0.4, -0.2) is 22.3 Å². The number of benzene rings is 2. The number of nitrogens with zero attached hydrogens (tertiary/aromatic N) is 2. The van der Waals surface area contributed by atoms with Crippen molar-refractivity contribution in [3.63, 3.8) is 0 Å². The summed E-state index contributed by atoms with van der Waals surface area (Å²) in [6, 6.07) is 17.4. The van der Waals surface area contributed by atoms with Crippen LogP contribution in [0.3, 0.4) is 0 Å². The van der Waals surface area contributed by atoms with E-state index in [1.165, 1.54) is 18.2 Å². The highest BCUT2D eigenvalue weighted by Crippen LogP contribution is 2.26. The van der Waals surface area contributed by atoms with Crippen molar-refractivity contribution in [2.75, 3.05) is 11.9 Å². The van der Waals surface area contributed by atoms with E-state index >= 15 is 0 Å². The molecule has 144 valence electrons. The van der Waals surface area contributed by atoms with Crippen LogP contribution in [0.2, 0.25) is 5.02 Å². The Balaban J connectivity index is 1.69. The molecule has 0 spiro atoms. The number of nitrogens with one attached hydrogen (secondary N) is 1.